The van der Waals surface area contributed by atoms with Gasteiger partial charge in [-0.15, -0.1) is 0 Å². The van der Waals surface area contributed by atoms with E-state index in [9.17, 15) is 0 Å². The zero-order valence-corrected chi connectivity index (χ0v) is 16.1. The van der Waals surface area contributed by atoms with Gasteiger partial charge in [0, 0.05) is 0 Å². The Hall–Kier alpha value is 1.25. The third kappa shape index (κ3) is 4.49. The standard InChI is InChI=1S/C4H12O3SSi.3C2H5.Sn/c1-5-9(4-8,6-2)7-3;3*1-2;/h8H,4H2,1-3H3;3*1H2,2H3;/q;;;;+1/p-1. The minimum atomic E-state index is -2.36. The fourth-order valence-electron chi connectivity index (χ4n) is 1.72. The molecule has 16 heavy (non-hydrogen) atoms. The summed E-state index contributed by atoms with van der Waals surface area (Å²) in [5.41, 5.74) is 0. The van der Waals surface area contributed by atoms with Gasteiger partial charge in [0.1, 0.15) is 0 Å². The molecule has 0 aliphatic carbocycles. The molecule has 0 heterocycles. The monoisotopic (exact) mass is 374 g/mol. The Kier molecular flexibility index (Phi) is 9.02. The average Bonchev–Trinajstić information content (AvgIpc) is 2.37. The predicted molar refractivity (Wildman–Crippen MR) is 76.4 cm³/mol. The summed E-state index contributed by atoms with van der Waals surface area (Å²) in [6.07, 6.45) is 0. The van der Waals surface area contributed by atoms with E-state index in [1.54, 1.807) is 21.3 Å². The van der Waals surface area contributed by atoms with Crippen LogP contribution < -0.4 is 0 Å². The van der Waals surface area contributed by atoms with E-state index in [1.807, 2.05) is 0 Å². The molecule has 0 aromatic rings. The van der Waals surface area contributed by atoms with Crippen molar-refractivity contribution in [2.45, 2.75) is 34.1 Å². The van der Waals surface area contributed by atoms with E-state index in [4.69, 9.17) is 13.3 Å². The fraction of sp³-hybridized carbons (Fsp3) is 1.00. The molecule has 0 aromatic heterocycles. The van der Waals surface area contributed by atoms with Crippen LogP contribution in [-0.2, 0) is 13.3 Å². The van der Waals surface area contributed by atoms with Gasteiger partial charge in [-0.1, -0.05) is 0 Å². The molecule has 0 radical (unpaired) electrons. The van der Waals surface area contributed by atoms with Crippen LogP contribution in [0.1, 0.15) is 20.8 Å². The van der Waals surface area contributed by atoms with Crippen molar-refractivity contribution in [2.24, 2.45) is 0 Å². The molecule has 0 amide bonds. The van der Waals surface area contributed by atoms with E-state index in [-0.39, 0.29) is 0 Å². The SMILES string of the molecule is C[CH2][Sn]([CH2]C)([CH2]C)[S]C[Si](OC)(OC)OC. The van der Waals surface area contributed by atoms with Gasteiger partial charge in [0.2, 0.25) is 0 Å². The second kappa shape index (κ2) is 8.37. The van der Waals surface area contributed by atoms with Crippen LogP contribution in [-0.4, -0.2) is 52.5 Å². The maximum atomic E-state index is 5.47. The van der Waals surface area contributed by atoms with Crippen LogP contribution >= 0.6 is 8.95 Å². The van der Waals surface area contributed by atoms with Gasteiger partial charge in [-0.2, -0.15) is 0 Å². The molecule has 0 saturated heterocycles. The first-order valence-electron chi connectivity index (χ1n) is 5.87. The van der Waals surface area contributed by atoms with Gasteiger partial charge in [0.25, 0.3) is 0 Å². The van der Waals surface area contributed by atoms with E-state index in [0.717, 1.165) is 5.38 Å². The maximum absolute atomic E-state index is 5.47. The Morgan fingerprint density at radius 2 is 1.25 bits per heavy atom. The Balaban J connectivity index is 4.48. The van der Waals surface area contributed by atoms with Gasteiger partial charge in [-0.25, -0.2) is 0 Å². The third-order valence-electron chi connectivity index (χ3n) is 3.42. The summed E-state index contributed by atoms with van der Waals surface area (Å²) in [5, 5.41) is 0.919. The molecule has 98 valence electrons. The molecule has 0 aliphatic rings. The summed E-state index contributed by atoms with van der Waals surface area (Å²) in [7, 11) is 4.87. The minimum absolute atomic E-state index is 0.919. The summed E-state index contributed by atoms with van der Waals surface area (Å²) in [6.45, 7) is 7.02. The first kappa shape index (κ1) is 17.2. The molecule has 0 spiro atoms. The van der Waals surface area contributed by atoms with Crippen LogP contribution in [0.4, 0.5) is 0 Å². The van der Waals surface area contributed by atoms with Gasteiger partial charge >= 0.3 is 109 Å². The molecule has 0 bridgehead atoms. The molecule has 0 unspecified atom stereocenters. The van der Waals surface area contributed by atoms with E-state index in [0.29, 0.717) is 0 Å². The van der Waals surface area contributed by atoms with Crippen molar-refractivity contribution in [3.63, 3.8) is 0 Å². The molecule has 0 fully saturated rings. The van der Waals surface area contributed by atoms with E-state index >= 15 is 0 Å². The van der Waals surface area contributed by atoms with Gasteiger partial charge in [-0.3, -0.25) is 0 Å². The van der Waals surface area contributed by atoms with Crippen LogP contribution in [0.2, 0.25) is 13.3 Å². The van der Waals surface area contributed by atoms with Crippen LogP contribution in [0, 0.1) is 0 Å². The van der Waals surface area contributed by atoms with E-state index in [2.05, 4.69) is 29.7 Å². The van der Waals surface area contributed by atoms with Crippen LogP contribution in [0.3, 0.4) is 0 Å². The summed E-state index contributed by atoms with van der Waals surface area (Å²) >= 11 is -1.94. The van der Waals surface area contributed by atoms with E-state index < -0.39 is 25.8 Å². The third-order valence-corrected chi connectivity index (χ3v) is 33.7. The molecule has 3 nitrogen and oxygen atoms in total. The number of rotatable bonds is 9. The fourth-order valence-corrected chi connectivity index (χ4v) is 28.1. The second-order valence-electron chi connectivity index (χ2n) is 3.83. The number of hydrogen-bond donors (Lipinski definition) is 0. The molecule has 0 aliphatic heterocycles. The molecular formula is C10H26O3SSiSn. The molecular weight excluding hydrogens is 347 g/mol. The zero-order valence-electron chi connectivity index (χ0n) is 11.5. The summed E-state index contributed by atoms with van der Waals surface area (Å²) in [4.78, 5) is 0. The Morgan fingerprint density at radius 1 is 0.875 bits per heavy atom. The predicted octanol–water partition coefficient (Wildman–Crippen LogP) is 3.14. The van der Waals surface area contributed by atoms with Crippen LogP contribution in [0.25, 0.3) is 0 Å². The first-order valence-corrected chi connectivity index (χ1v) is 18.3. The average molecular weight is 373 g/mol. The van der Waals surface area contributed by atoms with Gasteiger partial charge in [0.05, 0.1) is 0 Å². The van der Waals surface area contributed by atoms with Crippen molar-refractivity contribution in [3.05, 3.63) is 0 Å². The zero-order chi connectivity index (χ0) is 12.7. The molecule has 0 N–H and O–H groups in total. The van der Waals surface area contributed by atoms with Crippen molar-refractivity contribution < 1.29 is 13.3 Å². The summed E-state index contributed by atoms with van der Waals surface area (Å²) < 4.78 is 20.6. The Labute approximate surface area is 108 Å². The van der Waals surface area contributed by atoms with Crippen molar-refractivity contribution in [1.29, 1.82) is 0 Å². The Bertz CT molecular complexity index is 150. The van der Waals surface area contributed by atoms with Crippen LogP contribution in [0.5, 0.6) is 0 Å². The quantitative estimate of drug-likeness (QED) is 0.581. The second-order valence-corrected chi connectivity index (χ2v) is 29.0. The van der Waals surface area contributed by atoms with Crippen molar-refractivity contribution in [3.8, 4) is 0 Å². The normalized spacial score (nSPS) is 13.1. The first-order chi connectivity index (χ1) is 7.57. The summed E-state index contributed by atoms with van der Waals surface area (Å²) in [5.74, 6) is 0. The molecule has 0 atom stereocenters. The molecule has 0 saturated carbocycles. The van der Waals surface area contributed by atoms with Crippen molar-refractivity contribution >= 4 is 34.7 Å². The summed E-state index contributed by atoms with van der Waals surface area (Å²) in [6, 6.07) is 0. The van der Waals surface area contributed by atoms with E-state index in [1.165, 1.54) is 13.3 Å². The number of hydrogen-bond acceptors (Lipinski definition) is 4. The molecule has 0 rings (SSSR count). The molecule has 6 heteroatoms. The van der Waals surface area contributed by atoms with Crippen molar-refractivity contribution in [2.75, 3.05) is 26.7 Å². The topological polar surface area (TPSA) is 27.7 Å². The van der Waals surface area contributed by atoms with Gasteiger partial charge in [-0.05, 0) is 0 Å². The molecule has 0 aromatic carbocycles. The van der Waals surface area contributed by atoms with Gasteiger partial charge < -0.3 is 0 Å². The van der Waals surface area contributed by atoms with Gasteiger partial charge in [0.15, 0.2) is 0 Å². The van der Waals surface area contributed by atoms with Crippen molar-refractivity contribution in [1.82, 2.24) is 0 Å². The van der Waals surface area contributed by atoms with Crippen LogP contribution in [0.15, 0.2) is 0 Å². The Morgan fingerprint density at radius 3 is 1.50 bits per heavy atom.